The Labute approximate surface area is 75.8 Å². The van der Waals surface area contributed by atoms with Gasteiger partial charge in [-0.05, 0) is 19.1 Å². The molecule has 0 spiro atoms. The average molecular weight is 174 g/mol. The van der Waals surface area contributed by atoms with Crippen LogP contribution in [0.3, 0.4) is 0 Å². The molecule has 3 nitrogen and oxygen atoms in total. The van der Waals surface area contributed by atoms with Crippen molar-refractivity contribution in [3.63, 3.8) is 0 Å². The lowest BCUT2D eigenvalue weighted by molar-refractivity contribution is -0.118. The Morgan fingerprint density at radius 2 is 2.08 bits per heavy atom. The Kier molecular flexibility index (Phi) is 1.93. The van der Waals surface area contributed by atoms with Crippen LogP contribution in [0.15, 0.2) is 34.3 Å². The van der Waals surface area contributed by atoms with Gasteiger partial charge in [0.05, 0.1) is 17.3 Å². The number of ketones is 1. The third-order valence-corrected chi connectivity index (χ3v) is 2.08. The van der Waals surface area contributed by atoms with Crippen molar-refractivity contribution in [2.24, 2.45) is 9.98 Å². The number of nitrogens with zero attached hydrogens (tertiary/aromatic N) is 2. The molecule has 13 heavy (non-hydrogen) atoms. The molecule has 1 atom stereocenters. The van der Waals surface area contributed by atoms with Crippen LogP contribution in [0.2, 0.25) is 0 Å². The molecule has 1 aliphatic heterocycles. The number of fused-ring (bicyclic) bond motifs is 1. The van der Waals surface area contributed by atoms with Gasteiger partial charge in [-0.15, -0.1) is 0 Å². The lowest BCUT2D eigenvalue weighted by Gasteiger charge is -2.08. The minimum absolute atomic E-state index is 0.0817. The van der Waals surface area contributed by atoms with Crippen LogP contribution >= 0.6 is 0 Å². The summed E-state index contributed by atoms with van der Waals surface area (Å²) in [5.41, 5.74) is 0. The number of hydrogen-bond acceptors (Lipinski definition) is 3. The van der Waals surface area contributed by atoms with E-state index in [1.165, 1.54) is 0 Å². The fourth-order valence-corrected chi connectivity index (χ4v) is 1.32. The molecule has 1 aromatic carbocycles. The van der Waals surface area contributed by atoms with E-state index in [9.17, 15) is 4.79 Å². The number of Topliss-reactive ketones (excluding diaryl/α,β-unsaturated/α-hetero) is 1. The summed E-state index contributed by atoms with van der Waals surface area (Å²) in [5.74, 6) is 0.0817. The normalized spacial score (nSPS) is 19.6. The summed E-state index contributed by atoms with van der Waals surface area (Å²) in [6, 6.07) is 7.35. The van der Waals surface area contributed by atoms with Crippen molar-refractivity contribution in [1.82, 2.24) is 0 Å². The summed E-state index contributed by atoms with van der Waals surface area (Å²) in [5, 5.41) is 1.72. The van der Waals surface area contributed by atoms with E-state index in [1.807, 2.05) is 24.3 Å². The molecule has 1 aromatic rings. The molecular weight excluding hydrogens is 164 g/mol. The summed E-state index contributed by atoms with van der Waals surface area (Å²) in [4.78, 5) is 19.6. The van der Waals surface area contributed by atoms with E-state index in [4.69, 9.17) is 0 Å². The second-order valence-corrected chi connectivity index (χ2v) is 3.08. The summed E-state index contributed by atoms with van der Waals surface area (Å²) in [6.07, 6.45) is 0. The Balaban J connectivity index is 2.55. The van der Waals surface area contributed by atoms with Crippen LogP contribution < -0.4 is 10.7 Å². The monoisotopic (exact) mass is 174 g/mol. The van der Waals surface area contributed by atoms with Crippen molar-refractivity contribution in [1.29, 1.82) is 0 Å². The largest absolute Gasteiger partial charge is 0.298 e. The van der Waals surface area contributed by atoms with Crippen LogP contribution in [0.1, 0.15) is 6.92 Å². The van der Waals surface area contributed by atoms with Crippen LogP contribution in [0.5, 0.6) is 0 Å². The lowest BCUT2D eigenvalue weighted by Crippen LogP contribution is -2.36. The number of carbonyl (C=O) groups excluding carboxylic acids is 1. The number of benzene rings is 1. The third-order valence-electron chi connectivity index (χ3n) is 2.08. The molecule has 2 rings (SSSR count). The maximum atomic E-state index is 11.1. The molecule has 1 aliphatic rings. The lowest BCUT2D eigenvalue weighted by atomic mass is 10.2. The van der Waals surface area contributed by atoms with Gasteiger partial charge in [0, 0.05) is 0 Å². The smallest absolute Gasteiger partial charge is 0.156 e. The molecule has 0 saturated carbocycles. The minimum atomic E-state index is -0.269. The zero-order valence-corrected chi connectivity index (χ0v) is 7.40. The van der Waals surface area contributed by atoms with Crippen LogP contribution in [-0.2, 0) is 4.79 Å². The molecule has 0 bridgehead atoms. The van der Waals surface area contributed by atoms with Crippen molar-refractivity contribution >= 4 is 5.78 Å². The van der Waals surface area contributed by atoms with Gasteiger partial charge >= 0.3 is 0 Å². The van der Waals surface area contributed by atoms with Gasteiger partial charge in [0.2, 0.25) is 0 Å². The van der Waals surface area contributed by atoms with Crippen LogP contribution in [0, 0.1) is 0 Å². The van der Waals surface area contributed by atoms with E-state index < -0.39 is 0 Å². The van der Waals surface area contributed by atoms with E-state index in [2.05, 4.69) is 9.98 Å². The molecule has 0 amide bonds. The first-order valence-corrected chi connectivity index (χ1v) is 4.25. The Bertz CT molecular complexity index is 450. The van der Waals surface area contributed by atoms with Crippen LogP contribution in [-0.4, -0.2) is 18.4 Å². The summed E-state index contributed by atoms with van der Waals surface area (Å²) >= 11 is 0. The fraction of sp³-hybridized carbons (Fsp3) is 0.300. The first-order chi connectivity index (χ1) is 6.27. The zero-order valence-electron chi connectivity index (χ0n) is 7.40. The van der Waals surface area contributed by atoms with Crippen molar-refractivity contribution in [2.75, 3.05) is 6.54 Å². The molecule has 0 radical (unpaired) electrons. The molecule has 66 valence electrons. The summed E-state index contributed by atoms with van der Waals surface area (Å²) in [7, 11) is 0. The maximum Gasteiger partial charge on any atom is 0.156 e. The highest BCUT2D eigenvalue weighted by Gasteiger charge is 2.13. The summed E-state index contributed by atoms with van der Waals surface area (Å²) < 4.78 is 0. The van der Waals surface area contributed by atoms with Crippen molar-refractivity contribution in [2.45, 2.75) is 13.0 Å². The van der Waals surface area contributed by atoms with Gasteiger partial charge in [-0.25, -0.2) is 0 Å². The van der Waals surface area contributed by atoms with Crippen molar-refractivity contribution in [3.8, 4) is 0 Å². The maximum absolute atomic E-state index is 11.1. The predicted octanol–water partition coefficient (Wildman–Crippen LogP) is -0.103. The van der Waals surface area contributed by atoms with Gasteiger partial charge in [0.1, 0.15) is 6.04 Å². The van der Waals surface area contributed by atoms with E-state index in [0.29, 0.717) is 6.54 Å². The number of hydrogen-bond donors (Lipinski definition) is 0. The molecule has 0 aromatic heterocycles. The van der Waals surface area contributed by atoms with Crippen LogP contribution in [0.4, 0.5) is 0 Å². The number of carbonyl (C=O) groups is 1. The van der Waals surface area contributed by atoms with Crippen molar-refractivity contribution < 1.29 is 4.79 Å². The SMILES string of the molecule is CC(=O)C1CN=c2ccccc2=N1. The second-order valence-electron chi connectivity index (χ2n) is 3.08. The molecule has 0 fully saturated rings. The highest BCUT2D eigenvalue weighted by atomic mass is 16.1. The molecule has 0 saturated heterocycles. The standard InChI is InChI=1S/C10H10N2O/c1-7(13)10-6-11-8-4-2-3-5-9(8)12-10/h2-5,10H,6H2,1H3. The van der Waals surface area contributed by atoms with E-state index >= 15 is 0 Å². The summed E-state index contributed by atoms with van der Waals surface area (Å²) in [6.45, 7) is 2.05. The van der Waals surface area contributed by atoms with Crippen LogP contribution in [0.25, 0.3) is 0 Å². The molecule has 0 N–H and O–H groups in total. The number of rotatable bonds is 1. The van der Waals surface area contributed by atoms with Gasteiger partial charge in [-0.2, -0.15) is 0 Å². The average Bonchev–Trinajstić information content (AvgIpc) is 2.17. The molecule has 1 unspecified atom stereocenters. The highest BCUT2D eigenvalue weighted by Crippen LogP contribution is 1.94. The van der Waals surface area contributed by atoms with E-state index in [1.54, 1.807) is 6.92 Å². The molecular formula is C10H10N2O. The van der Waals surface area contributed by atoms with E-state index in [-0.39, 0.29) is 11.8 Å². The van der Waals surface area contributed by atoms with Gasteiger partial charge in [-0.1, -0.05) is 12.1 Å². The van der Waals surface area contributed by atoms with E-state index in [0.717, 1.165) is 10.7 Å². The first-order valence-electron chi connectivity index (χ1n) is 4.25. The predicted molar refractivity (Wildman–Crippen MR) is 48.1 cm³/mol. The highest BCUT2D eigenvalue weighted by molar-refractivity contribution is 5.81. The van der Waals surface area contributed by atoms with Crippen molar-refractivity contribution in [3.05, 3.63) is 35.0 Å². The Morgan fingerprint density at radius 1 is 1.38 bits per heavy atom. The zero-order chi connectivity index (χ0) is 9.26. The minimum Gasteiger partial charge on any atom is -0.298 e. The third kappa shape index (κ3) is 1.49. The van der Waals surface area contributed by atoms with Gasteiger partial charge in [0.25, 0.3) is 0 Å². The van der Waals surface area contributed by atoms with Gasteiger partial charge in [-0.3, -0.25) is 14.8 Å². The quantitative estimate of drug-likeness (QED) is 0.586. The topological polar surface area (TPSA) is 41.8 Å². The molecule has 3 heteroatoms. The molecule has 1 heterocycles. The second kappa shape index (κ2) is 3.09. The van der Waals surface area contributed by atoms with Gasteiger partial charge < -0.3 is 0 Å². The first kappa shape index (κ1) is 8.10. The number of para-hydroxylation sites is 2. The molecule has 0 aliphatic carbocycles. The fourth-order valence-electron chi connectivity index (χ4n) is 1.32. The van der Waals surface area contributed by atoms with Gasteiger partial charge in [0.15, 0.2) is 5.78 Å². The Hall–Kier alpha value is -1.51. The Morgan fingerprint density at radius 3 is 2.77 bits per heavy atom.